The van der Waals surface area contributed by atoms with Crippen LogP contribution in [-0.2, 0) is 9.59 Å². The predicted molar refractivity (Wildman–Crippen MR) is 92.7 cm³/mol. The third-order valence-corrected chi connectivity index (χ3v) is 6.67. The summed E-state index contributed by atoms with van der Waals surface area (Å²) in [5, 5.41) is 20.0. The molecule has 2 saturated carbocycles. The lowest BCUT2D eigenvalue weighted by Gasteiger charge is -2.56. The van der Waals surface area contributed by atoms with Crippen molar-refractivity contribution >= 4 is 17.7 Å². The second kappa shape index (κ2) is 6.41. The van der Waals surface area contributed by atoms with E-state index in [4.69, 9.17) is 4.42 Å². The van der Waals surface area contributed by atoms with Gasteiger partial charge in [0.2, 0.25) is 0 Å². The summed E-state index contributed by atoms with van der Waals surface area (Å²) in [5.74, 6) is -3.26. The molecule has 2 aliphatic carbocycles. The van der Waals surface area contributed by atoms with Gasteiger partial charge < -0.3 is 14.6 Å². The van der Waals surface area contributed by atoms with Crippen LogP contribution < -0.4 is 0 Å². The van der Waals surface area contributed by atoms with Gasteiger partial charge in [0.05, 0.1) is 22.7 Å². The molecule has 2 N–H and O–H groups in total. The maximum absolute atomic E-state index is 12.6. The van der Waals surface area contributed by atoms with Crippen LogP contribution in [0.2, 0.25) is 0 Å². The Kier molecular flexibility index (Phi) is 4.54. The molecule has 140 valence electrons. The van der Waals surface area contributed by atoms with E-state index in [9.17, 15) is 24.6 Å². The Morgan fingerprint density at radius 3 is 2.58 bits per heavy atom. The van der Waals surface area contributed by atoms with Gasteiger partial charge in [-0.05, 0) is 44.6 Å². The summed E-state index contributed by atoms with van der Waals surface area (Å²) < 4.78 is 4.96. The minimum Gasteiger partial charge on any atom is -0.481 e. The van der Waals surface area contributed by atoms with E-state index < -0.39 is 34.6 Å². The highest BCUT2D eigenvalue weighted by molar-refractivity contribution is 5.96. The van der Waals surface area contributed by atoms with E-state index in [1.807, 2.05) is 0 Å². The second-order valence-corrected chi connectivity index (χ2v) is 7.86. The van der Waals surface area contributed by atoms with Crippen molar-refractivity contribution in [1.29, 1.82) is 0 Å². The highest BCUT2D eigenvalue weighted by atomic mass is 16.4. The first-order valence-electron chi connectivity index (χ1n) is 8.93. The Morgan fingerprint density at radius 1 is 1.27 bits per heavy atom. The summed E-state index contributed by atoms with van der Waals surface area (Å²) in [4.78, 5) is 37.1. The van der Waals surface area contributed by atoms with E-state index in [1.54, 1.807) is 13.0 Å². The molecule has 0 radical (unpaired) electrons. The van der Waals surface area contributed by atoms with E-state index in [0.717, 1.165) is 5.57 Å². The maximum atomic E-state index is 12.6. The highest BCUT2D eigenvalue weighted by Gasteiger charge is 2.63. The van der Waals surface area contributed by atoms with Crippen molar-refractivity contribution in [3.63, 3.8) is 0 Å². The molecule has 6 nitrogen and oxygen atoms in total. The van der Waals surface area contributed by atoms with Crippen LogP contribution in [0.1, 0.15) is 55.8 Å². The summed E-state index contributed by atoms with van der Waals surface area (Å²) in [6.07, 6.45) is 5.12. The lowest BCUT2D eigenvalue weighted by atomic mass is 9.46. The molecule has 2 aliphatic rings. The van der Waals surface area contributed by atoms with E-state index in [1.165, 1.54) is 12.5 Å². The largest absolute Gasteiger partial charge is 0.481 e. The second-order valence-electron chi connectivity index (χ2n) is 7.86. The zero-order chi connectivity index (χ0) is 19.1. The van der Waals surface area contributed by atoms with E-state index in [-0.39, 0.29) is 12.2 Å². The Morgan fingerprint density at radius 2 is 2.00 bits per heavy atom. The van der Waals surface area contributed by atoms with Crippen LogP contribution in [0.25, 0.3) is 0 Å². The van der Waals surface area contributed by atoms with Crippen LogP contribution in [0.3, 0.4) is 0 Å². The van der Waals surface area contributed by atoms with Gasteiger partial charge >= 0.3 is 11.9 Å². The molecule has 0 bridgehead atoms. The molecule has 3 rings (SSSR count). The number of hydrogen-bond acceptors (Lipinski definition) is 4. The van der Waals surface area contributed by atoms with Gasteiger partial charge in [-0.25, -0.2) is 0 Å². The number of carboxylic acid groups (broad SMARTS) is 2. The van der Waals surface area contributed by atoms with E-state index >= 15 is 0 Å². The number of rotatable bonds is 5. The van der Waals surface area contributed by atoms with Gasteiger partial charge in [0.15, 0.2) is 5.78 Å². The number of carbonyl (C=O) groups is 3. The molecule has 4 atom stereocenters. The summed E-state index contributed by atoms with van der Waals surface area (Å²) in [6, 6.07) is 1.56. The first kappa shape index (κ1) is 18.4. The minimum atomic E-state index is -1.26. The molecular formula is C20H24O6. The molecule has 0 aliphatic heterocycles. The normalized spacial score (nSPS) is 34.1. The van der Waals surface area contributed by atoms with E-state index in [2.05, 4.69) is 6.58 Å². The van der Waals surface area contributed by atoms with Gasteiger partial charge in [-0.15, -0.1) is 0 Å². The average Bonchev–Trinajstić information content (AvgIpc) is 3.11. The first-order chi connectivity index (χ1) is 12.2. The number of carboxylic acids is 2. The summed E-state index contributed by atoms with van der Waals surface area (Å²) in [6.45, 7) is 5.71. The molecule has 0 aromatic carbocycles. The summed E-state index contributed by atoms with van der Waals surface area (Å²) >= 11 is 0. The predicted octanol–water partition coefficient (Wildman–Crippen LogP) is 3.78. The van der Waals surface area contributed by atoms with Gasteiger partial charge in [0.1, 0.15) is 6.26 Å². The topological polar surface area (TPSA) is 105 Å². The van der Waals surface area contributed by atoms with Crippen molar-refractivity contribution in [3.05, 3.63) is 36.3 Å². The maximum Gasteiger partial charge on any atom is 0.310 e. The van der Waals surface area contributed by atoms with Gasteiger partial charge in [-0.3, -0.25) is 14.4 Å². The fourth-order valence-electron chi connectivity index (χ4n) is 5.24. The molecule has 0 amide bonds. The Balaban J connectivity index is 2.04. The average molecular weight is 360 g/mol. The van der Waals surface area contributed by atoms with Gasteiger partial charge in [0.25, 0.3) is 0 Å². The third kappa shape index (κ3) is 2.59. The van der Waals surface area contributed by atoms with Gasteiger partial charge in [0, 0.05) is 12.3 Å². The van der Waals surface area contributed by atoms with Gasteiger partial charge in [-0.2, -0.15) is 0 Å². The Bertz CT molecular complexity index is 748. The molecule has 1 heterocycles. The van der Waals surface area contributed by atoms with Crippen LogP contribution in [0.5, 0.6) is 0 Å². The fraction of sp³-hybridized carbons (Fsp3) is 0.550. The van der Waals surface area contributed by atoms with Crippen molar-refractivity contribution in [1.82, 2.24) is 0 Å². The zero-order valence-electron chi connectivity index (χ0n) is 14.9. The molecule has 4 unspecified atom stereocenters. The molecule has 1 aromatic heterocycles. The lowest BCUT2D eigenvalue weighted by Crippen LogP contribution is -2.58. The van der Waals surface area contributed by atoms with E-state index in [0.29, 0.717) is 37.7 Å². The van der Waals surface area contributed by atoms with Crippen LogP contribution in [0.4, 0.5) is 0 Å². The van der Waals surface area contributed by atoms with Crippen molar-refractivity contribution in [2.24, 2.45) is 22.7 Å². The Hall–Kier alpha value is -2.37. The molecule has 0 saturated heterocycles. The summed E-state index contributed by atoms with van der Waals surface area (Å²) in [7, 11) is 0. The minimum absolute atomic E-state index is 0.0108. The van der Waals surface area contributed by atoms with Crippen LogP contribution in [0.15, 0.2) is 35.2 Å². The fourth-order valence-corrected chi connectivity index (χ4v) is 5.24. The lowest BCUT2D eigenvalue weighted by molar-refractivity contribution is -0.180. The van der Waals surface area contributed by atoms with Crippen molar-refractivity contribution < 1.29 is 29.0 Å². The number of Topliss-reactive ketones (excluding diaryl/α,β-unsaturated/α-hetero) is 1. The standard InChI is InChI=1S/C20H24O6/c1-12-4-5-16-19(2,17(22)23)7-3-8-20(16,18(24)25)14(12)10-15(21)13-6-9-26-11-13/h6,9,11,14,16H,1,3-5,7-8,10H2,2H3,(H,22,23)(H,24,25). The molecule has 6 heteroatoms. The molecule has 0 spiro atoms. The molecule has 26 heavy (non-hydrogen) atoms. The first-order valence-corrected chi connectivity index (χ1v) is 8.93. The smallest absolute Gasteiger partial charge is 0.310 e. The zero-order valence-corrected chi connectivity index (χ0v) is 14.9. The summed E-state index contributed by atoms with van der Waals surface area (Å²) in [5.41, 5.74) is -1.23. The van der Waals surface area contributed by atoms with Crippen LogP contribution in [-0.4, -0.2) is 27.9 Å². The number of ketones is 1. The highest BCUT2D eigenvalue weighted by Crippen LogP contribution is 2.62. The monoisotopic (exact) mass is 360 g/mol. The SMILES string of the molecule is C=C1CCC2C(C)(C(=O)O)CCCC2(C(=O)O)C1CC(=O)c1ccoc1. The Labute approximate surface area is 151 Å². The quantitative estimate of drug-likeness (QED) is 0.611. The van der Waals surface area contributed by atoms with Crippen molar-refractivity contribution in [2.45, 2.75) is 45.4 Å². The molecular weight excluding hydrogens is 336 g/mol. The van der Waals surface area contributed by atoms with Crippen LogP contribution in [0, 0.1) is 22.7 Å². The number of aliphatic carboxylic acids is 2. The van der Waals surface area contributed by atoms with Crippen LogP contribution >= 0.6 is 0 Å². The number of carbonyl (C=O) groups excluding carboxylic acids is 1. The molecule has 2 fully saturated rings. The van der Waals surface area contributed by atoms with Crippen molar-refractivity contribution in [3.8, 4) is 0 Å². The number of furan rings is 1. The van der Waals surface area contributed by atoms with Gasteiger partial charge in [-0.1, -0.05) is 18.6 Å². The van der Waals surface area contributed by atoms with Crippen molar-refractivity contribution in [2.75, 3.05) is 0 Å². The number of allylic oxidation sites excluding steroid dienone is 1. The number of fused-ring (bicyclic) bond motifs is 1. The third-order valence-electron chi connectivity index (χ3n) is 6.67. The molecule has 1 aromatic rings. The number of hydrogen-bond donors (Lipinski definition) is 2.